The van der Waals surface area contributed by atoms with Crippen molar-refractivity contribution in [1.82, 2.24) is 19.1 Å². The molecule has 0 saturated heterocycles. The lowest BCUT2D eigenvalue weighted by Gasteiger charge is -2.12. The van der Waals surface area contributed by atoms with Crippen LogP contribution in [0.5, 0.6) is 0 Å². The van der Waals surface area contributed by atoms with Crippen LogP contribution in [0.25, 0.3) is 97.8 Å². The molecule has 0 radical (unpaired) electrons. The van der Waals surface area contributed by atoms with E-state index in [0.717, 1.165) is 44.6 Å². The fourth-order valence-electron chi connectivity index (χ4n) is 7.76. The Morgan fingerprint density at radius 3 is 2.02 bits per heavy atom. The maximum Gasteiger partial charge on any atom is 0.160 e. The monoisotopic (exact) mass is 668 g/mol. The Morgan fingerprint density at radius 2 is 1.14 bits per heavy atom. The summed E-state index contributed by atoms with van der Waals surface area (Å²) in [7, 11) is 0. The van der Waals surface area contributed by atoms with Gasteiger partial charge < -0.3 is 9.13 Å². The van der Waals surface area contributed by atoms with Gasteiger partial charge in [-0.2, -0.15) is 0 Å². The first-order valence-corrected chi connectivity index (χ1v) is 18.0. The zero-order chi connectivity index (χ0) is 33.5. The Balaban J connectivity index is 1.19. The summed E-state index contributed by atoms with van der Waals surface area (Å²) in [5.41, 5.74) is 9.66. The zero-order valence-corrected chi connectivity index (χ0v) is 28.2. The molecule has 0 amide bonds. The summed E-state index contributed by atoms with van der Waals surface area (Å²) in [6.45, 7) is 0. The van der Waals surface area contributed by atoms with E-state index < -0.39 is 0 Å². The fourth-order valence-corrected chi connectivity index (χ4v) is 8.88. The normalized spacial score (nSPS) is 11.9. The SMILES string of the molecule is c1ccc(-c2nc(-c3cccc(-n4c5cc6sc7ccccc7c6cc5c5cc6ccn(-c7ccccc7)c6cc54)c3)nc3ccccc23)cc1. The van der Waals surface area contributed by atoms with Crippen LogP contribution in [0.2, 0.25) is 0 Å². The first kappa shape index (κ1) is 28.3. The van der Waals surface area contributed by atoms with E-state index in [4.69, 9.17) is 9.97 Å². The molecule has 0 fully saturated rings. The van der Waals surface area contributed by atoms with E-state index in [2.05, 4.69) is 167 Å². The van der Waals surface area contributed by atoms with Crippen LogP contribution < -0.4 is 0 Å². The van der Waals surface area contributed by atoms with Gasteiger partial charge in [0, 0.05) is 70.4 Å². The second-order valence-electron chi connectivity index (χ2n) is 13.1. The van der Waals surface area contributed by atoms with Crippen molar-refractivity contribution in [2.24, 2.45) is 0 Å². The number of hydrogen-bond acceptors (Lipinski definition) is 3. The molecule has 11 aromatic rings. The van der Waals surface area contributed by atoms with Crippen LogP contribution in [0, 0.1) is 0 Å². The Kier molecular flexibility index (Phi) is 6.09. The molecule has 0 aliphatic carbocycles. The minimum atomic E-state index is 0.711. The molecule has 7 aromatic carbocycles. The molecule has 5 heteroatoms. The Labute approximate surface area is 297 Å². The van der Waals surface area contributed by atoms with Crippen LogP contribution in [0.15, 0.2) is 170 Å². The maximum atomic E-state index is 5.21. The highest BCUT2D eigenvalue weighted by Gasteiger charge is 2.19. The Bertz CT molecular complexity index is 3130. The van der Waals surface area contributed by atoms with Crippen LogP contribution >= 0.6 is 11.3 Å². The van der Waals surface area contributed by atoms with Crippen molar-refractivity contribution in [3.63, 3.8) is 0 Å². The smallest absolute Gasteiger partial charge is 0.160 e. The minimum absolute atomic E-state index is 0.711. The lowest BCUT2D eigenvalue weighted by atomic mass is 10.1. The number of hydrogen-bond donors (Lipinski definition) is 0. The third-order valence-corrected chi connectivity index (χ3v) is 11.3. The molecule has 0 aliphatic heterocycles. The highest BCUT2D eigenvalue weighted by Crippen LogP contribution is 2.42. The first-order valence-electron chi connectivity index (χ1n) is 17.2. The second kappa shape index (κ2) is 11.0. The molecule has 4 heterocycles. The van der Waals surface area contributed by atoms with E-state index in [-0.39, 0.29) is 0 Å². The van der Waals surface area contributed by atoms with Gasteiger partial charge in [-0.05, 0) is 66.7 Å². The number of para-hydroxylation sites is 2. The summed E-state index contributed by atoms with van der Waals surface area (Å²) in [6, 6.07) is 58.5. The van der Waals surface area contributed by atoms with Gasteiger partial charge in [0.05, 0.1) is 27.8 Å². The van der Waals surface area contributed by atoms with Gasteiger partial charge in [0.25, 0.3) is 0 Å². The molecule has 0 N–H and O–H groups in total. The number of fused-ring (bicyclic) bond motifs is 8. The van der Waals surface area contributed by atoms with Gasteiger partial charge in [0.2, 0.25) is 0 Å². The first-order chi connectivity index (χ1) is 25.3. The molecule has 51 heavy (non-hydrogen) atoms. The number of nitrogens with zero attached hydrogens (tertiary/aromatic N) is 4. The van der Waals surface area contributed by atoms with Gasteiger partial charge in [-0.25, -0.2) is 9.97 Å². The quantitative estimate of drug-likeness (QED) is 0.187. The predicted octanol–water partition coefficient (Wildman–Crippen LogP) is 12.4. The zero-order valence-electron chi connectivity index (χ0n) is 27.4. The Hall–Kier alpha value is -6.56. The number of benzene rings is 7. The van der Waals surface area contributed by atoms with Crippen molar-refractivity contribution < 1.29 is 0 Å². The highest BCUT2D eigenvalue weighted by molar-refractivity contribution is 7.25. The molecule has 11 rings (SSSR count). The standard InChI is InChI=1S/C46H28N4S/c1-3-12-29(13-4-1)45-35-19-7-9-20-39(35)47-46(48-45)31-14-11-17-33(24-31)50-41-27-40-30(22-23-49(40)32-15-5-2-6-16-32)25-36(41)37-26-38-34-18-8-10-21-43(34)51-44(38)28-42(37)50/h1-28H. The van der Waals surface area contributed by atoms with Crippen molar-refractivity contribution in [3.05, 3.63) is 170 Å². The van der Waals surface area contributed by atoms with Crippen LogP contribution in [0.3, 0.4) is 0 Å². The number of aromatic nitrogens is 4. The molecule has 0 unspecified atom stereocenters. The van der Waals surface area contributed by atoms with Gasteiger partial charge in [0.1, 0.15) is 0 Å². The molecule has 0 spiro atoms. The molecule has 4 aromatic heterocycles. The van der Waals surface area contributed by atoms with Gasteiger partial charge in [-0.1, -0.05) is 97.1 Å². The second-order valence-corrected chi connectivity index (χ2v) is 14.2. The van der Waals surface area contributed by atoms with Crippen molar-refractivity contribution in [1.29, 1.82) is 0 Å². The topological polar surface area (TPSA) is 35.6 Å². The van der Waals surface area contributed by atoms with Crippen LogP contribution in [-0.4, -0.2) is 19.1 Å². The van der Waals surface area contributed by atoms with E-state index in [1.54, 1.807) is 0 Å². The molecule has 0 bridgehead atoms. The predicted molar refractivity (Wildman–Crippen MR) is 214 cm³/mol. The van der Waals surface area contributed by atoms with E-state index in [1.165, 1.54) is 47.4 Å². The van der Waals surface area contributed by atoms with Crippen molar-refractivity contribution in [2.75, 3.05) is 0 Å². The Morgan fingerprint density at radius 1 is 0.431 bits per heavy atom. The lowest BCUT2D eigenvalue weighted by Crippen LogP contribution is -1.98. The summed E-state index contributed by atoms with van der Waals surface area (Å²) >= 11 is 1.86. The van der Waals surface area contributed by atoms with Gasteiger partial charge in [-0.15, -0.1) is 11.3 Å². The third kappa shape index (κ3) is 4.38. The third-order valence-electron chi connectivity index (χ3n) is 10.1. The summed E-state index contributed by atoms with van der Waals surface area (Å²) in [5.74, 6) is 0.711. The molecule has 0 atom stereocenters. The van der Waals surface area contributed by atoms with E-state index in [9.17, 15) is 0 Å². The van der Waals surface area contributed by atoms with E-state index in [0.29, 0.717) is 5.82 Å². The summed E-state index contributed by atoms with van der Waals surface area (Å²) in [6.07, 6.45) is 2.18. The van der Waals surface area contributed by atoms with Crippen LogP contribution in [-0.2, 0) is 0 Å². The highest BCUT2D eigenvalue weighted by atomic mass is 32.1. The van der Waals surface area contributed by atoms with Gasteiger partial charge in [-0.3, -0.25) is 0 Å². The molecule has 238 valence electrons. The molecular formula is C46H28N4S. The molecular weight excluding hydrogens is 641 g/mol. The van der Waals surface area contributed by atoms with E-state index >= 15 is 0 Å². The van der Waals surface area contributed by atoms with Crippen molar-refractivity contribution in [3.8, 4) is 34.0 Å². The summed E-state index contributed by atoms with van der Waals surface area (Å²) < 4.78 is 7.31. The summed E-state index contributed by atoms with van der Waals surface area (Å²) in [5, 5.41) is 7.35. The average Bonchev–Trinajstić information content (AvgIpc) is 3.87. The fraction of sp³-hybridized carbons (Fsp3) is 0. The average molecular weight is 669 g/mol. The molecule has 4 nitrogen and oxygen atoms in total. The van der Waals surface area contributed by atoms with Crippen LogP contribution in [0.4, 0.5) is 0 Å². The largest absolute Gasteiger partial charge is 0.316 e. The van der Waals surface area contributed by atoms with E-state index in [1.807, 2.05) is 23.5 Å². The van der Waals surface area contributed by atoms with Gasteiger partial charge in [0.15, 0.2) is 5.82 Å². The minimum Gasteiger partial charge on any atom is -0.316 e. The van der Waals surface area contributed by atoms with Crippen LogP contribution in [0.1, 0.15) is 0 Å². The number of thiophene rings is 1. The lowest BCUT2D eigenvalue weighted by molar-refractivity contribution is 1.12. The number of rotatable bonds is 4. The van der Waals surface area contributed by atoms with Crippen molar-refractivity contribution >= 4 is 75.1 Å². The van der Waals surface area contributed by atoms with Gasteiger partial charge >= 0.3 is 0 Å². The van der Waals surface area contributed by atoms with Crippen molar-refractivity contribution in [2.45, 2.75) is 0 Å². The maximum absolute atomic E-state index is 5.21. The molecule has 0 saturated carbocycles. The summed E-state index contributed by atoms with van der Waals surface area (Å²) in [4.78, 5) is 10.3. The molecule has 0 aliphatic rings.